The minimum atomic E-state index is -1.06. The SMILES string of the molecule is CN1C(=O)[C@]23C[C@@](C)(C#N)[C@@H](c4ccc5c(c4)OCO5)N2C(=O)[C@@]1(C)SS3.CN1C(=O)[C@]23C[C@@](C)(C#N)[C@H](c4ccc5c(c4)OCO5)N2C(=O)[C@@]1(C)SS3.C[C@]1(C#N)C[C@@]23SS[C@@](C)(C(=O)N2[C@H]1c1ccc2c(c1)OCO2)N(C1CC1)C3=O. The second-order valence-corrected chi connectivity index (χ2v) is 32.5. The van der Waals surface area contributed by atoms with Gasteiger partial charge in [0.2, 0.25) is 20.4 Å². The smallest absolute Gasteiger partial charge is 0.261 e. The summed E-state index contributed by atoms with van der Waals surface area (Å²) in [4.78, 5) is 85.0. The molecule has 3 spiro atoms. The quantitative estimate of drug-likeness (QED) is 0.224. The van der Waals surface area contributed by atoms with E-state index in [0.717, 1.165) is 29.5 Å². The van der Waals surface area contributed by atoms with E-state index in [1.807, 2.05) is 75.1 Å². The summed E-state index contributed by atoms with van der Waals surface area (Å²) in [5.41, 5.74) is -0.323. The normalized spacial score (nSPS) is 39.2. The van der Waals surface area contributed by atoms with Crippen LogP contribution in [-0.2, 0) is 28.8 Å². The maximum Gasteiger partial charge on any atom is 0.261 e. The van der Waals surface area contributed by atoms with Gasteiger partial charge in [-0.1, -0.05) is 83.0 Å². The highest BCUT2D eigenvalue weighted by Gasteiger charge is 2.79. The molecule has 0 N–H and O–H groups in total. The van der Waals surface area contributed by atoms with E-state index in [1.54, 1.807) is 54.8 Å². The van der Waals surface area contributed by atoms with Gasteiger partial charge in [-0.3, -0.25) is 28.8 Å². The van der Waals surface area contributed by atoms with E-state index in [-0.39, 0.29) is 74.7 Å². The van der Waals surface area contributed by atoms with Crippen LogP contribution in [0.4, 0.5) is 0 Å². The number of nitrogens with zero attached hydrogens (tertiary/aromatic N) is 9. The molecule has 16 aliphatic rings. The fourth-order valence-corrected chi connectivity index (χ4v) is 25.0. The monoisotopic (exact) mass is 1240 g/mol. The van der Waals surface area contributed by atoms with Crippen molar-refractivity contribution in [3.05, 3.63) is 71.3 Å². The molecular formula is C56H53N9O12S6. The average molecular weight is 1240 g/mol. The van der Waals surface area contributed by atoms with Crippen molar-refractivity contribution < 1.29 is 57.2 Å². The fourth-order valence-electron chi connectivity index (χ4n) is 14.2. The van der Waals surface area contributed by atoms with Gasteiger partial charge in [0.1, 0.15) is 0 Å². The minimum absolute atomic E-state index is 0.0180. The molecule has 3 aromatic rings. The number of ether oxygens (including phenoxy) is 6. The molecule has 19 rings (SSSR count). The van der Waals surface area contributed by atoms with Gasteiger partial charge in [-0.2, -0.15) is 15.8 Å². The van der Waals surface area contributed by atoms with Crippen molar-refractivity contribution >= 4 is 100 Å². The number of piperazine rings is 3. The lowest BCUT2D eigenvalue weighted by Gasteiger charge is -2.58. The molecule has 15 heterocycles. The number of fused-ring (bicyclic) bond motifs is 9. The number of hydrogen-bond donors (Lipinski definition) is 0. The number of hydrogen-bond acceptors (Lipinski definition) is 21. The molecule has 0 unspecified atom stereocenters. The summed E-state index contributed by atoms with van der Waals surface area (Å²) in [7, 11) is 11.9. The van der Waals surface area contributed by atoms with E-state index >= 15 is 0 Å². The largest absolute Gasteiger partial charge is 0.454 e. The van der Waals surface area contributed by atoms with Crippen LogP contribution in [0.1, 0.15) is 108 Å². The summed E-state index contributed by atoms with van der Waals surface area (Å²) in [6.45, 7) is 11.4. The molecule has 3 aromatic carbocycles. The molecule has 6 amide bonds. The standard InChI is InChI=1S/C20H19N3O4S2.2C18H17N3O4S2/c1-18(9-21)8-20-17(25)22(12-4-5-12)19(2,28-29-20)16(24)23(20)15(18)11-3-6-13-14(7-11)27-10-26-13;2*1-16(8-19)7-18-15(23)20(3)17(2,26-27-18)14(22)21(18)13(16)10-4-5-11-12(6-10)25-9-24-11/h3,6-7,12,15H,4-5,8,10H2,1-2H3;2*4-6,13H,7,9H2,1-3H3/t15-,18+,19-,20-;13-,16+,17-,18-;13-,16-,17+,18+/m010/s1. The molecule has 21 nitrogen and oxygen atoms in total. The Morgan fingerprint density at radius 2 is 0.711 bits per heavy atom. The first-order valence-electron chi connectivity index (χ1n) is 26.8. The first-order valence-corrected chi connectivity index (χ1v) is 33.3. The highest BCUT2D eigenvalue weighted by Crippen LogP contribution is 2.73. The van der Waals surface area contributed by atoms with Crippen molar-refractivity contribution in [2.75, 3.05) is 34.5 Å². The van der Waals surface area contributed by atoms with E-state index in [0.29, 0.717) is 40.9 Å². The van der Waals surface area contributed by atoms with Gasteiger partial charge in [0.05, 0.1) is 52.6 Å². The summed E-state index contributed by atoms with van der Waals surface area (Å²) in [5, 5.41) is 30.2. The van der Waals surface area contributed by atoms with Crippen LogP contribution in [-0.4, -0.2) is 135 Å². The van der Waals surface area contributed by atoms with E-state index in [4.69, 9.17) is 28.4 Å². The van der Waals surface area contributed by atoms with Crippen molar-refractivity contribution in [1.82, 2.24) is 29.4 Å². The Hall–Kier alpha value is -6.15. The number of rotatable bonds is 4. The predicted octanol–water partition coefficient (Wildman–Crippen LogP) is 8.03. The lowest BCUT2D eigenvalue weighted by Crippen LogP contribution is -2.75. The minimum Gasteiger partial charge on any atom is -0.454 e. The van der Waals surface area contributed by atoms with Gasteiger partial charge in [-0.25, -0.2) is 0 Å². The number of carbonyl (C=O) groups is 6. The summed E-state index contributed by atoms with van der Waals surface area (Å²) in [5.74, 6) is 3.16. The third kappa shape index (κ3) is 6.96. The first kappa shape index (κ1) is 54.8. The van der Waals surface area contributed by atoms with Crippen LogP contribution >= 0.6 is 64.8 Å². The van der Waals surface area contributed by atoms with Gasteiger partial charge < -0.3 is 57.8 Å². The maximum absolute atomic E-state index is 13.8. The summed E-state index contributed by atoms with van der Waals surface area (Å²) < 4.78 is 32.7. The molecular weight excluding hydrogens is 1180 g/mol. The molecule has 1 saturated carbocycles. The molecule has 12 atom stereocenters. The number of likely N-dealkylation sites (N-methyl/N-ethyl adjacent to an activating group) is 2. The second kappa shape index (κ2) is 17.7. The van der Waals surface area contributed by atoms with Gasteiger partial charge in [0.25, 0.3) is 35.4 Å². The number of carbonyl (C=O) groups excluding carboxylic acids is 6. The van der Waals surface area contributed by atoms with Crippen molar-refractivity contribution in [2.24, 2.45) is 16.2 Å². The number of amides is 6. The Labute approximate surface area is 501 Å². The van der Waals surface area contributed by atoms with E-state index in [2.05, 4.69) is 18.2 Å². The molecule has 6 bridgehead atoms. The molecule has 27 heteroatoms. The van der Waals surface area contributed by atoms with Crippen LogP contribution in [0.15, 0.2) is 54.6 Å². The topological polar surface area (TPSA) is 249 Å². The molecule has 0 aromatic heterocycles. The van der Waals surface area contributed by atoms with Crippen LogP contribution < -0.4 is 28.4 Å². The molecule has 430 valence electrons. The maximum atomic E-state index is 13.8. The first-order chi connectivity index (χ1) is 39.4. The van der Waals surface area contributed by atoms with Crippen LogP contribution in [0.3, 0.4) is 0 Å². The van der Waals surface area contributed by atoms with Gasteiger partial charge in [0, 0.05) is 39.4 Å². The molecule has 12 saturated heterocycles. The second-order valence-electron chi connectivity index (χ2n) is 24.1. The molecule has 1 aliphatic carbocycles. The van der Waals surface area contributed by atoms with E-state index in [1.165, 1.54) is 74.6 Å². The highest BCUT2D eigenvalue weighted by molar-refractivity contribution is 8.79. The lowest BCUT2D eigenvalue weighted by atomic mass is 9.79. The van der Waals surface area contributed by atoms with Gasteiger partial charge in [0.15, 0.2) is 63.7 Å². The van der Waals surface area contributed by atoms with Gasteiger partial charge in [-0.15, -0.1) is 0 Å². The lowest BCUT2D eigenvalue weighted by molar-refractivity contribution is -0.166. The Morgan fingerprint density at radius 3 is 1.04 bits per heavy atom. The fraction of sp³-hybridized carbons (Fsp3) is 0.518. The molecule has 13 fully saturated rings. The van der Waals surface area contributed by atoms with Crippen LogP contribution in [0, 0.1) is 50.2 Å². The number of benzene rings is 3. The molecule has 83 heavy (non-hydrogen) atoms. The summed E-state index contributed by atoms with van der Waals surface area (Å²) in [6, 6.07) is 22.3. The zero-order valence-electron chi connectivity index (χ0n) is 46.0. The highest BCUT2D eigenvalue weighted by atomic mass is 33.1. The van der Waals surface area contributed by atoms with Gasteiger partial charge >= 0.3 is 0 Å². The van der Waals surface area contributed by atoms with Crippen molar-refractivity contribution in [2.45, 2.75) is 127 Å². The Morgan fingerprint density at radius 1 is 0.410 bits per heavy atom. The third-order valence-corrected chi connectivity index (χ3v) is 29.8. The summed E-state index contributed by atoms with van der Waals surface area (Å²) >= 11 is 0. The van der Waals surface area contributed by atoms with Crippen molar-refractivity contribution in [3.63, 3.8) is 0 Å². The van der Waals surface area contributed by atoms with Crippen LogP contribution in [0.2, 0.25) is 0 Å². The third-order valence-electron chi connectivity index (χ3n) is 18.8. The van der Waals surface area contributed by atoms with E-state index < -0.39 is 63.6 Å². The molecule has 15 aliphatic heterocycles. The van der Waals surface area contributed by atoms with Crippen molar-refractivity contribution in [1.29, 1.82) is 15.8 Å². The molecule has 0 radical (unpaired) electrons. The van der Waals surface area contributed by atoms with Crippen LogP contribution in [0.5, 0.6) is 34.5 Å². The Bertz CT molecular complexity index is 3510. The van der Waals surface area contributed by atoms with E-state index in [9.17, 15) is 44.6 Å². The average Bonchev–Trinajstić information content (AvgIpc) is 1.66. The Kier molecular flexibility index (Phi) is 11.7. The zero-order valence-corrected chi connectivity index (χ0v) is 50.9. The van der Waals surface area contributed by atoms with Crippen LogP contribution in [0.25, 0.3) is 0 Å². The zero-order chi connectivity index (χ0) is 58.6. The number of nitriles is 3. The Balaban J connectivity index is 0.000000111. The van der Waals surface area contributed by atoms with Gasteiger partial charge in [-0.05, 0) is 107 Å². The predicted molar refractivity (Wildman–Crippen MR) is 306 cm³/mol. The summed E-state index contributed by atoms with van der Waals surface area (Å²) in [6.07, 6.45) is 2.78. The van der Waals surface area contributed by atoms with Crippen molar-refractivity contribution in [3.8, 4) is 52.7 Å².